The number of benzene rings is 1. The van der Waals surface area contributed by atoms with Crippen molar-refractivity contribution in [3.05, 3.63) is 35.4 Å². The van der Waals surface area contributed by atoms with Gasteiger partial charge in [0.05, 0.1) is 5.41 Å². The highest BCUT2D eigenvalue weighted by molar-refractivity contribution is 5.81. The molecule has 0 aliphatic heterocycles. The zero-order valence-electron chi connectivity index (χ0n) is 8.67. The Kier molecular flexibility index (Phi) is 2.66. The average molecular weight is 226 g/mol. The first-order chi connectivity index (χ1) is 7.56. The molecule has 1 saturated carbocycles. The fourth-order valence-electron chi connectivity index (χ4n) is 2.45. The van der Waals surface area contributed by atoms with E-state index in [4.69, 9.17) is 0 Å². The molecular formula is C12H12F2O2. The molecule has 86 valence electrons. The third kappa shape index (κ3) is 1.58. The van der Waals surface area contributed by atoms with Crippen molar-refractivity contribution in [2.24, 2.45) is 0 Å². The van der Waals surface area contributed by atoms with E-state index >= 15 is 0 Å². The number of hydrogen-bond donors (Lipinski definition) is 1. The van der Waals surface area contributed by atoms with E-state index in [0.717, 1.165) is 25.0 Å². The van der Waals surface area contributed by atoms with Gasteiger partial charge in [-0.25, -0.2) is 8.78 Å². The summed E-state index contributed by atoms with van der Waals surface area (Å²) in [6.45, 7) is 0. The van der Waals surface area contributed by atoms with Gasteiger partial charge < -0.3 is 5.11 Å². The highest BCUT2D eigenvalue weighted by Gasteiger charge is 2.44. The lowest BCUT2D eigenvalue weighted by atomic mass is 9.78. The Morgan fingerprint density at radius 1 is 1.25 bits per heavy atom. The van der Waals surface area contributed by atoms with Gasteiger partial charge in [0, 0.05) is 11.6 Å². The Bertz CT molecular complexity index is 423. The number of hydrogen-bond acceptors (Lipinski definition) is 1. The highest BCUT2D eigenvalue weighted by atomic mass is 19.1. The Labute approximate surface area is 91.9 Å². The molecule has 1 N–H and O–H groups in total. The molecule has 1 aromatic carbocycles. The smallest absolute Gasteiger partial charge is 0.314 e. The maximum absolute atomic E-state index is 13.6. The van der Waals surface area contributed by atoms with Gasteiger partial charge >= 0.3 is 5.97 Å². The van der Waals surface area contributed by atoms with Crippen LogP contribution in [0.25, 0.3) is 0 Å². The van der Waals surface area contributed by atoms with E-state index in [2.05, 4.69) is 0 Å². The van der Waals surface area contributed by atoms with Gasteiger partial charge in [-0.1, -0.05) is 18.9 Å². The van der Waals surface area contributed by atoms with Gasteiger partial charge in [-0.05, 0) is 18.9 Å². The van der Waals surface area contributed by atoms with Gasteiger partial charge in [-0.15, -0.1) is 0 Å². The zero-order chi connectivity index (χ0) is 11.8. The van der Waals surface area contributed by atoms with Gasteiger partial charge in [0.2, 0.25) is 0 Å². The van der Waals surface area contributed by atoms with Crippen LogP contribution in [0.5, 0.6) is 0 Å². The third-order valence-corrected chi connectivity index (χ3v) is 3.31. The minimum atomic E-state index is -1.15. The van der Waals surface area contributed by atoms with Gasteiger partial charge in [-0.3, -0.25) is 4.79 Å². The van der Waals surface area contributed by atoms with Crippen molar-refractivity contribution in [3.63, 3.8) is 0 Å². The van der Waals surface area contributed by atoms with Crippen LogP contribution in [0.4, 0.5) is 8.78 Å². The molecule has 2 rings (SSSR count). The van der Waals surface area contributed by atoms with Crippen LogP contribution in [0.3, 0.4) is 0 Å². The van der Waals surface area contributed by atoms with Gasteiger partial charge in [0.15, 0.2) is 0 Å². The van der Waals surface area contributed by atoms with Crippen molar-refractivity contribution in [2.45, 2.75) is 31.1 Å². The molecule has 0 saturated heterocycles. The minimum Gasteiger partial charge on any atom is -0.481 e. The van der Waals surface area contributed by atoms with E-state index in [1.165, 1.54) is 6.07 Å². The Morgan fingerprint density at radius 3 is 2.38 bits per heavy atom. The Balaban J connectivity index is 2.51. The molecule has 0 amide bonds. The third-order valence-electron chi connectivity index (χ3n) is 3.31. The van der Waals surface area contributed by atoms with Crippen molar-refractivity contribution >= 4 is 5.97 Å². The molecule has 0 spiro atoms. The molecule has 0 heterocycles. The molecule has 2 nitrogen and oxygen atoms in total. The molecule has 1 aliphatic carbocycles. The molecule has 0 atom stereocenters. The van der Waals surface area contributed by atoms with E-state index in [1.54, 1.807) is 0 Å². The van der Waals surface area contributed by atoms with Crippen LogP contribution in [-0.4, -0.2) is 11.1 Å². The number of aliphatic carboxylic acids is 1. The number of halogens is 2. The second-order valence-electron chi connectivity index (χ2n) is 4.22. The van der Waals surface area contributed by atoms with E-state index in [9.17, 15) is 18.7 Å². The molecule has 16 heavy (non-hydrogen) atoms. The van der Waals surface area contributed by atoms with Crippen molar-refractivity contribution in [2.75, 3.05) is 0 Å². The summed E-state index contributed by atoms with van der Waals surface area (Å²) in [4.78, 5) is 11.3. The van der Waals surface area contributed by atoms with Crippen LogP contribution in [0, 0.1) is 11.6 Å². The SMILES string of the molecule is O=C(O)C1(c2ccc(F)cc2F)CCCC1. The lowest BCUT2D eigenvalue weighted by Gasteiger charge is -2.24. The summed E-state index contributed by atoms with van der Waals surface area (Å²) in [6.07, 6.45) is 2.38. The summed E-state index contributed by atoms with van der Waals surface area (Å²) >= 11 is 0. The van der Waals surface area contributed by atoms with Crippen molar-refractivity contribution < 1.29 is 18.7 Å². The monoisotopic (exact) mass is 226 g/mol. The minimum absolute atomic E-state index is 0.110. The summed E-state index contributed by atoms with van der Waals surface area (Å²) < 4.78 is 26.4. The fourth-order valence-corrected chi connectivity index (χ4v) is 2.45. The molecule has 4 heteroatoms. The summed E-state index contributed by atoms with van der Waals surface area (Å²) in [7, 11) is 0. The van der Waals surface area contributed by atoms with Crippen LogP contribution in [-0.2, 0) is 10.2 Å². The van der Waals surface area contributed by atoms with Crippen molar-refractivity contribution in [3.8, 4) is 0 Å². The molecule has 1 aromatic rings. The molecule has 0 unspecified atom stereocenters. The number of rotatable bonds is 2. The van der Waals surface area contributed by atoms with Crippen LogP contribution in [0.1, 0.15) is 31.2 Å². The first kappa shape index (κ1) is 11.0. The highest BCUT2D eigenvalue weighted by Crippen LogP contribution is 2.42. The maximum Gasteiger partial charge on any atom is 0.314 e. The molecule has 1 fully saturated rings. The van der Waals surface area contributed by atoms with Gasteiger partial charge in [0.25, 0.3) is 0 Å². The lowest BCUT2D eigenvalue weighted by molar-refractivity contribution is -0.143. The molecule has 0 bridgehead atoms. The number of carbonyl (C=O) groups is 1. The summed E-state index contributed by atoms with van der Waals surface area (Å²) in [5, 5.41) is 9.25. The fraction of sp³-hybridized carbons (Fsp3) is 0.417. The molecule has 0 aromatic heterocycles. The predicted molar refractivity (Wildman–Crippen MR) is 54.1 cm³/mol. The van der Waals surface area contributed by atoms with E-state index in [-0.39, 0.29) is 5.56 Å². The number of carboxylic acids is 1. The second-order valence-corrected chi connectivity index (χ2v) is 4.22. The number of carboxylic acid groups (broad SMARTS) is 1. The van der Waals surface area contributed by atoms with E-state index in [0.29, 0.717) is 12.8 Å². The molecular weight excluding hydrogens is 214 g/mol. The van der Waals surface area contributed by atoms with E-state index < -0.39 is 23.0 Å². The van der Waals surface area contributed by atoms with Crippen LogP contribution in [0.15, 0.2) is 18.2 Å². The Morgan fingerprint density at radius 2 is 1.88 bits per heavy atom. The largest absolute Gasteiger partial charge is 0.481 e. The van der Waals surface area contributed by atoms with E-state index in [1.807, 2.05) is 0 Å². The van der Waals surface area contributed by atoms with Crippen LogP contribution >= 0.6 is 0 Å². The quantitative estimate of drug-likeness (QED) is 0.841. The van der Waals surface area contributed by atoms with Crippen molar-refractivity contribution in [1.82, 2.24) is 0 Å². The van der Waals surface area contributed by atoms with Crippen molar-refractivity contribution in [1.29, 1.82) is 0 Å². The molecule has 1 aliphatic rings. The van der Waals surface area contributed by atoms with Crippen LogP contribution < -0.4 is 0 Å². The summed E-state index contributed by atoms with van der Waals surface area (Å²) in [6, 6.07) is 3.11. The standard InChI is InChI=1S/C12H12F2O2/c13-8-3-4-9(10(14)7-8)12(11(15)16)5-1-2-6-12/h3-4,7H,1-2,5-6H2,(H,15,16). The first-order valence-electron chi connectivity index (χ1n) is 5.25. The topological polar surface area (TPSA) is 37.3 Å². The summed E-state index contributed by atoms with van der Waals surface area (Å²) in [5.74, 6) is -2.46. The van der Waals surface area contributed by atoms with Crippen LogP contribution in [0.2, 0.25) is 0 Å². The lowest BCUT2D eigenvalue weighted by Crippen LogP contribution is -2.33. The van der Waals surface area contributed by atoms with Gasteiger partial charge in [0.1, 0.15) is 11.6 Å². The zero-order valence-corrected chi connectivity index (χ0v) is 8.67. The second kappa shape index (κ2) is 3.85. The first-order valence-corrected chi connectivity index (χ1v) is 5.25. The maximum atomic E-state index is 13.6. The Hall–Kier alpha value is -1.45. The normalized spacial score (nSPS) is 18.6. The molecule has 0 radical (unpaired) electrons. The average Bonchev–Trinajstić information content (AvgIpc) is 2.67. The summed E-state index contributed by atoms with van der Waals surface area (Å²) in [5.41, 5.74) is -1.04. The predicted octanol–water partition coefficient (Wildman–Crippen LogP) is 2.86. The van der Waals surface area contributed by atoms with Gasteiger partial charge in [-0.2, -0.15) is 0 Å².